The van der Waals surface area contributed by atoms with E-state index >= 15 is 0 Å². The Morgan fingerprint density at radius 3 is 2.30 bits per heavy atom. The molecule has 5 nitrogen and oxygen atoms in total. The number of hydrogen-bond acceptors (Lipinski definition) is 4. The van der Waals surface area contributed by atoms with Crippen molar-refractivity contribution in [1.29, 1.82) is 0 Å². The summed E-state index contributed by atoms with van der Waals surface area (Å²) in [6, 6.07) is 20.7. The van der Waals surface area contributed by atoms with Crippen LogP contribution in [-0.2, 0) is 23.2 Å². The van der Waals surface area contributed by atoms with Crippen molar-refractivity contribution in [2.45, 2.75) is 18.0 Å². The predicted octanol–water partition coefficient (Wildman–Crippen LogP) is 5.53. The highest BCUT2D eigenvalue weighted by atomic mass is 35.5. The van der Waals surface area contributed by atoms with E-state index in [0.29, 0.717) is 49.4 Å². The highest BCUT2D eigenvalue weighted by Gasteiger charge is 2.30. The fourth-order valence-corrected chi connectivity index (χ4v) is 5.94. The molecule has 1 saturated heterocycles. The molecule has 1 heterocycles. The maximum atomic E-state index is 13.0. The third-order valence-corrected chi connectivity index (χ3v) is 8.32. The molecule has 3 aromatic carbocycles. The van der Waals surface area contributed by atoms with Gasteiger partial charge in [-0.15, -0.1) is 0 Å². The van der Waals surface area contributed by atoms with Crippen molar-refractivity contribution in [3.8, 4) is 5.75 Å². The van der Waals surface area contributed by atoms with Crippen LogP contribution in [-0.4, -0.2) is 43.8 Å². The number of sulfonamides is 1. The van der Waals surface area contributed by atoms with Crippen LogP contribution in [0.15, 0.2) is 65.6 Å². The van der Waals surface area contributed by atoms with Crippen LogP contribution < -0.4 is 4.74 Å². The summed E-state index contributed by atoms with van der Waals surface area (Å²) in [5, 5.41) is 1.22. The summed E-state index contributed by atoms with van der Waals surface area (Å²) in [5.41, 5.74) is 2.03. The molecule has 0 atom stereocenters. The van der Waals surface area contributed by atoms with Gasteiger partial charge in [-0.2, -0.15) is 4.31 Å². The van der Waals surface area contributed by atoms with Crippen molar-refractivity contribution in [2.24, 2.45) is 0 Å². The average molecular weight is 525 g/mol. The van der Waals surface area contributed by atoms with Crippen molar-refractivity contribution in [3.05, 3.63) is 92.9 Å². The fourth-order valence-electron chi connectivity index (χ4n) is 3.65. The Hall–Kier alpha value is -1.80. The molecule has 0 bridgehead atoms. The zero-order valence-electron chi connectivity index (χ0n) is 17.7. The van der Waals surface area contributed by atoms with Crippen molar-refractivity contribution >= 4 is 44.8 Å². The molecule has 0 N–H and O–H groups in total. The van der Waals surface area contributed by atoms with Crippen molar-refractivity contribution in [3.63, 3.8) is 0 Å². The van der Waals surface area contributed by atoms with Gasteiger partial charge < -0.3 is 4.74 Å². The summed E-state index contributed by atoms with van der Waals surface area (Å²) in [6.07, 6.45) is 0. The molecule has 3 aromatic rings. The Labute approximate surface area is 209 Å². The van der Waals surface area contributed by atoms with E-state index in [1.54, 1.807) is 0 Å². The molecule has 1 radical (unpaired) electrons. The highest BCUT2D eigenvalue weighted by Crippen LogP contribution is 2.29. The van der Waals surface area contributed by atoms with Gasteiger partial charge in [0.15, 0.2) is 0 Å². The summed E-state index contributed by atoms with van der Waals surface area (Å²) < 4.78 is 33.6. The third-order valence-electron chi connectivity index (χ3n) is 5.45. The van der Waals surface area contributed by atoms with Crippen LogP contribution in [0.1, 0.15) is 11.1 Å². The zero-order chi connectivity index (χ0) is 23.4. The monoisotopic (exact) mass is 523 g/mol. The molecular weight excluding hydrogens is 503 g/mol. The molecule has 4 rings (SSSR count). The quantitative estimate of drug-likeness (QED) is 0.408. The van der Waals surface area contributed by atoms with Gasteiger partial charge >= 0.3 is 0 Å². The lowest BCUT2D eigenvalue weighted by molar-refractivity contribution is 0.178. The molecule has 0 saturated carbocycles. The Morgan fingerprint density at radius 2 is 1.61 bits per heavy atom. The van der Waals surface area contributed by atoms with E-state index in [-0.39, 0.29) is 9.92 Å². The molecule has 1 aliphatic rings. The number of piperazine rings is 1. The first-order valence-corrected chi connectivity index (χ1v) is 12.9. The molecule has 0 spiro atoms. The van der Waals surface area contributed by atoms with E-state index in [0.717, 1.165) is 16.9 Å². The summed E-state index contributed by atoms with van der Waals surface area (Å²) in [4.78, 5) is 2.28. The highest BCUT2D eigenvalue weighted by molar-refractivity contribution is 7.89. The second-order valence-electron chi connectivity index (χ2n) is 7.70. The molecule has 0 unspecified atom stereocenters. The van der Waals surface area contributed by atoms with E-state index < -0.39 is 10.0 Å². The molecule has 9 heteroatoms. The second kappa shape index (κ2) is 10.6. The molecule has 1 aliphatic heterocycles. The second-order valence-corrected chi connectivity index (χ2v) is 10.9. The largest absolute Gasteiger partial charge is 0.489 e. The van der Waals surface area contributed by atoms with Gasteiger partial charge in [0.05, 0.1) is 5.02 Å². The molecule has 33 heavy (non-hydrogen) atoms. The molecule has 0 aromatic heterocycles. The van der Waals surface area contributed by atoms with Gasteiger partial charge in [-0.25, -0.2) is 8.42 Å². The van der Waals surface area contributed by atoms with Crippen LogP contribution in [0.3, 0.4) is 0 Å². The number of nitrogens with zero attached hydrogens (tertiary/aromatic N) is 2. The first kappa shape index (κ1) is 24.3. The number of ether oxygens (including phenoxy) is 1. The topological polar surface area (TPSA) is 49.9 Å². The van der Waals surface area contributed by atoms with Gasteiger partial charge in [0, 0.05) is 48.3 Å². The van der Waals surface area contributed by atoms with Crippen molar-refractivity contribution in [2.75, 3.05) is 26.2 Å². The number of halogens is 3. The van der Waals surface area contributed by atoms with Gasteiger partial charge in [-0.05, 0) is 54.1 Å². The van der Waals surface area contributed by atoms with Crippen LogP contribution in [0.2, 0.25) is 15.1 Å². The lowest BCUT2D eigenvalue weighted by Gasteiger charge is -2.34. The molecule has 173 valence electrons. The van der Waals surface area contributed by atoms with Crippen LogP contribution in [0, 0.1) is 6.07 Å². The SMILES string of the molecule is O=S(=O)(c1ccc(Cl)cc1Cl)N1CCN(Cc2c[c]ccc2OCc2ccc(Cl)cc2)CC1. The summed E-state index contributed by atoms with van der Waals surface area (Å²) in [7, 11) is -3.68. The standard InChI is InChI=1S/C24H22Cl3N2O3S/c25-20-7-5-18(6-8-20)17-32-23-4-2-1-3-19(23)16-28-11-13-29(14-12-28)33(30,31)24-10-9-21(26)15-22(24)27/h2-10,15H,11-14,16-17H2. The van der Waals surface area contributed by atoms with Crippen LogP contribution in [0.5, 0.6) is 5.75 Å². The van der Waals surface area contributed by atoms with E-state index in [9.17, 15) is 8.42 Å². The summed E-state index contributed by atoms with van der Waals surface area (Å²) in [6.45, 7) is 3.01. The molecule has 0 aliphatic carbocycles. The number of benzene rings is 3. The lowest BCUT2D eigenvalue weighted by atomic mass is 10.1. The Balaban J connectivity index is 1.38. The first-order chi connectivity index (χ1) is 15.8. The van der Waals surface area contributed by atoms with E-state index in [1.807, 2.05) is 42.5 Å². The number of rotatable bonds is 7. The van der Waals surface area contributed by atoms with Gasteiger partial charge in [-0.1, -0.05) is 53.0 Å². The number of hydrogen-bond donors (Lipinski definition) is 0. The molecular formula is C24H22Cl3N2O3S. The Bertz CT molecular complexity index is 1210. The van der Waals surface area contributed by atoms with Crippen LogP contribution in [0.4, 0.5) is 0 Å². The van der Waals surface area contributed by atoms with Gasteiger partial charge in [-0.3, -0.25) is 4.90 Å². The minimum Gasteiger partial charge on any atom is -0.489 e. The van der Waals surface area contributed by atoms with E-state index in [1.165, 1.54) is 22.5 Å². The third kappa shape index (κ3) is 6.01. The van der Waals surface area contributed by atoms with Crippen molar-refractivity contribution < 1.29 is 13.2 Å². The fraction of sp³-hybridized carbons (Fsp3) is 0.250. The minimum atomic E-state index is -3.68. The maximum Gasteiger partial charge on any atom is 0.244 e. The zero-order valence-corrected chi connectivity index (χ0v) is 20.8. The summed E-state index contributed by atoms with van der Waals surface area (Å²) in [5.74, 6) is 0.784. The normalized spacial score (nSPS) is 15.5. The van der Waals surface area contributed by atoms with Crippen LogP contribution in [0.25, 0.3) is 0 Å². The van der Waals surface area contributed by atoms with Gasteiger partial charge in [0.1, 0.15) is 17.3 Å². The summed E-state index contributed by atoms with van der Waals surface area (Å²) >= 11 is 18.0. The minimum absolute atomic E-state index is 0.0811. The van der Waals surface area contributed by atoms with Crippen molar-refractivity contribution in [1.82, 2.24) is 9.21 Å². The Kier molecular flexibility index (Phi) is 7.84. The Morgan fingerprint density at radius 1 is 0.909 bits per heavy atom. The van der Waals surface area contributed by atoms with E-state index in [4.69, 9.17) is 39.5 Å². The van der Waals surface area contributed by atoms with Crippen LogP contribution >= 0.6 is 34.8 Å². The lowest BCUT2D eigenvalue weighted by Crippen LogP contribution is -2.48. The van der Waals surface area contributed by atoms with Gasteiger partial charge in [0.2, 0.25) is 10.0 Å². The molecule has 1 fully saturated rings. The predicted molar refractivity (Wildman–Crippen MR) is 132 cm³/mol. The van der Waals surface area contributed by atoms with E-state index in [2.05, 4.69) is 11.0 Å². The smallest absolute Gasteiger partial charge is 0.244 e. The first-order valence-electron chi connectivity index (χ1n) is 10.4. The maximum absolute atomic E-state index is 13.0. The average Bonchev–Trinajstić information content (AvgIpc) is 2.80. The molecule has 0 amide bonds. The van der Waals surface area contributed by atoms with Gasteiger partial charge in [0.25, 0.3) is 0 Å².